The number of nitrogens with zero attached hydrogens (tertiary/aromatic N) is 3. The monoisotopic (exact) mass is 681 g/mol. The van der Waals surface area contributed by atoms with Crippen LogP contribution in [0.3, 0.4) is 0 Å². The third-order valence-electron chi connectivity index (χ3n) is 11.0. The Balaban J connectivity index is 1.09. The maximum Gasteiger partial charge on any atom is 0.164 e. The zero-order valence-electron chi connectivity index (χ0n) is 29.1. The smallest absolute Gasteiger partial charge is 0.164 e. The number of aromatic nitrogens is 3. The Hall–Kier alpha value is -6.85. The van der Waals surface area contributed by atoms with Crippen molar-refractivity contribution in [1.82, 2.24) is 15.0 Å². The van der Waals surface area contributed by atoms with Gasteiger partial charge in [-0.1, -0.05) is 123 Å². The first-order chi connectivity index (χ1) is 26.0. The Morgan fingerprint density at radius 1 is 0.377 bits per heavy atom. The van der Waals surface area contributed by atoms with Gasteiger partial charge in [-0.3, -0.25) is 0 Å². The summed E-state index contributed by atoms with van der Waals surface area (Å²) in [5.74, 6) is 1.75. The van der Waals surface area contributed by atoms with Crippen molar-refractivity contribution in [2.45, 2.75) is 19.3 Å². The quantitative estimate of drug-likeness (QED) is 0.185. The summed E-state index contributed by atoms with van der Waals surface area (Å²) in [4.78, 5) is 15.3. The molecule has 0 fully saturated rings. The van der Waals surface area contributed by atoms with E-state index in [2.05, 4.69) is 98.8 Å². The standard InChI is InChI=1S/C48H31N3O2/c1-48(2)38-16-8-6-13-32(38)33-22-19-30(26-39(33)48)29-21-24-41-37(25-29)44-36(15-10-18-42(44)52-41)47-50-45(28-11-4-3-5-12-28)49-46(51-47)31-20-23-35-34-14-7-9-17-40(34)53-43(35)27-31/h3-27H,1-2H3. The van der Waals surface area contributed by atoms with Crippen LogP contribution in [0.2, 0.25) is 0 Å². The lowest BCUT2D eigenvalue weighted by Gasteiger charge is -2.22. The highest BCUT2D eigenvalue weighted by molar-refractivity contribution is 6.13. The maximum absolute atomic E-state index is 6.48. The van der Waals surface area contributed by atoms with Gasteiger partial charge < -0.3 is 8.83 Å². The molecule has 0 N–H and O–H groups in total. The van der Waals surface area contributed by atoms with E-state index >= 15 is 0 Å². The maximum atomic E-state index is 6.48. The topological polar surface area (TPSA) is 65.0 Å². The summed E-state index contributed by atoms with van der Waals surface area (Å²) in [5, 5.41) is 4.14. The predicted octanol–water partition coefficient (Wildman–Crippen LogP) is 12.6. The molecule has 0 unspecified atom stereocenters. The summed E-state index contributed by atoms with van der Waals surface area (Å²) in [6.45, 7) is 4.64. The van der Waals surface area contributed by atoms with Gasteiger partial charge in [0.25, 0.3) is 0 Å². The van der Waals surface area contributed by atoms with Gasteiger partial charge in [0.15, 0.2) is 17.5 Å². The van der Waals surface area contributed by atoms with E-state index in [4.69, 9.17) is 23.8 Å². The minimum absolute atomic E-state index is 0.0800. The van der Waals surface area contributed by atoms with Crippen molar-refractivity contribution >= 4 is 43.9 Å². The van der Waals surface area contributed by atoms with Gasteiger partial charge in [0.2, 0.25) is 0 Å². The normalized spacial score (nSPS) is 13.2. The fraction of sp³-hybridized carbons (Fsp3) is 0.0625. The second kappa shape index (κ2) is 11.1. The molecule has 0 spiro atoms. The van der Waals surface area contributed by atoms with Gasteiger partial charge in [0.05, 0.1) is 0 Å². The lowest BCUT2D eigenvalue weighted by Crippen LogP contribution is -2.14. The fourth-order valence-corrected chi connectivity index (χ4v) is 8.28. The third-order valence-corrected chi connectivity index (χ3v) is 11.0. The number of furan rings is 2. The SMILES string of the molecule is CC1(C)c2ccccc2-c2ccc(-c3ccc4oc5cccc(-c6nc(-c7ccccc7)nc(-c7ccc8c(c7)oc7ccccc78)n6)c5c4c3)cc21. The van der Waals surface area contributed by atoms with Crippen LogP contribution in [0.4, 0.5) is 0 Å². The van der Waals surface area contributed by atoms with Gasteiger partial charge in [0, 0.05) is 43.7 Å². The minimum atomic E-state index is -0.0800. The van der Waals surface area contributed by atoms with E-state index in [0.717, 1.165) is 66.1 Å². The Morgan fingerprint density at radius 2 is 1.00 bits per heavy atom. The molecule has 5 nitrogen and oxygen atoms in total. The fourth-order valence-electron chi connectivity index (χ4n) is 8.28. The van der Waals surface area contributed by atoms with E-state index in [0.29, 0.717) is 17.5 Å². The first-order valence-corrected chi connectivity index (χ1v) is 17.9. The van der Waals surface area contributed by atoms with Gasteiger partial charge in [-0.15, -0.1) is 0 Å². The molecule has 0 saturated heterocycles. The lowest BCUT2D eigenvalue weighted by atomic mass is 9.81. The Bertz CT molecular complexity index is 3100. The molecule has 0 saturated carbocycles. The summed E-state index contributed by atoms with van der Waals surface area (Å²) in [5.41, 5.74) is 13.5. The molecule has 10 aromatic rings. The van der Waals surface area contributed by atoms with Crippen molar-refractivity contribution in [2.75, 3.05) is 0 Å². The van der Waals surface area contributed by atoms with E-state index in [1.54, 1.807) is 0 Å². The Morgan fingerprint density at radius 3 is 1.91 bits per heavy atom. The van der Waals surface area contributed by atoms with Crippen LogP contribution < -0.4 is 0 Å². The Labute approximate surface area is 305 Å². The van der Waals surface area contributed by atoms with Crippen molar-refractivity contribution in [3.8, 4) is 56.4 Å². The van der Waals surface area contributed by atoms with Gasteiger partial charge in [-0.25, -0.2) is 15.0 Å². The zero-order valence-corrected chi connectivity index (χ0v) is 29.1. The molecular formula is C48H31N3O2. The van der Waals surface area contributed by atoms with E-state index < -0.39 is 0 Å². The summed E-state index contributed by atoms with van der Waals surface area (Å²) in [6.07, 6.45) is 0. The van der Waals surface area contributed by atoms with Gasteiger partial charge >= 0.3 is 0 Å². The van der Waals surface area contributed by atoms with Crippen LogP contribution in [0.15, 0.2) is 160 Å². The van der Waals surface area contributed by atoms with Crippen LogP contribution in [0.1, 0.15) is 25.0 Å². The highest BCUT2D eigenvalue weighted by atomic mass is 16.3. The van der Waals surface area contributed by atoms with E-state index in [1.807, 2.05) is 66.7 Å². The van der Waals surface area contributed by atoms with Crippen LogP contribution in [-0.4, -0.2) is 15.0 Å². The number of benzene rings is 7. The summed E-state index contributed by atoms with van der Waals surface area (Å²) in [7, 11) is 0. The van der Waals surface area contributed by atoms with Crippen molar-refractivity contribution in [2.24, 2.45) is 0 Å². The van der Waals surface area contributed by atoms with Gasteiger partial charge in [0.1, 0.15) is 22.3 Å². The van der Waals surface area contributed by atoms with Gasteiger partial charge in [-0.2, -0.15) is 0 Å². The number of rotatable bonds is 4. The molecule has 0 aliphatic heterocycles. The molecule has 0 amide bonds. The van der Waals surface area contributed by atoms with E-state index in [-0.39, 0.29) is 5.41 Å². The van der Waals surface area contributed by atoms with Crippen molar-refractivity contribution in [1.29, 1.82) is 0 Å². The highest BCUT2D eigenvalue weighted by Gasteiger charge is 2.35. The summed E-state index contributed by atoms with van der Waals surface area (Å²) >= 11 is 0. The molecule has 3 heterocycles. The number of fused-ring (bicyclic) bond motifs is 9. The second-order valence-corrected chi connectivity index (χ2v) is 14.4. The van der Waals surface area contributed by atoms with Crippen molar-refractivity contribution in [3.05, 3.63) is 163 Å². The Kier molecular flexibility index (Phi) is 6.23. The zero-order chi connectivity index (χ0) is 35.3. The van der Waals surface area contributed by atoms with Crippen LogP contribution in [-0.2, 0) is 5.41 Å². The molecule has 11 rings (SSSR count). The average molecular weight is 682 g/mol. The summed E-state index contributed by atoms with van der Waals surface area (Å²) < 4.78 is 12.7. The molecule has 53 heavy (non-hydrogen) atoms. The molecule has 3 aromatic heterocycles. The first kappa shape index (κ1) is 29.8. The molecule has 0 radical (unpaired) electrons. The first-order valence-electron chi connectivity index (χ1n) is 17.9. The lowest BCUT2D eigenvalue weighted by molar-refractivity contribution is 0.660. The highest BCUT2D eigenvalue weighted by Crippen LogP contribution is 2.50. The predicted molar refractivity (Wildman–Crippen MR) is 214 cm³/mol. The van der Waals surface area contributed by atoms with Crippen LogP contribution in [0.5, 0.6) is 0 Å². The number of hydrogen-bond donors (Lipinski definition) is 0. The summed E-state index contributed by atoms with van der Waals surface area (Å²) in [6, 6.07) is 52.6. The largest absolute Gasteiger partial charge is 0.456 e. The van der Waals surface area contributed by atoms with E-state index in [1.165, 1.54) is 27.8 Å². The minimum Gasteiger partial charge on any atom is -0.456 e. The number of hydrogen-bond acceptors (Lipinski definition) is 5. The average Bonchev–Trinajstić information content (AvgIpc) is 3.85. The molecule has 0 bridgehead atoms. The van der Waals surface area contributed by atoms with Gasteiger partial charge in [-0.05, 0) is 75.8 Å². The molecule has 0 atom stereocenters. The van der Waals surface area contributed by atoms with Crippen LogP contribution in [0, 0.1) is 0 Å². The molecule has 250 valence electrons. The van der Waals surface area contributed by atoms with Crippen LogP contribution >= 0.6 is 0 Å². The second-order valence-electron chi connectivity index (χ2n) is 14.4. The van der Waals surface area contributed by atoms with E-state index in [9.17, 15) is 0 Å². The van der Waals surface area contributed by atoms with Crippen LogP contribution in [0.25, 0.3) is 100 Å². The molecule has 5 heteroatoms. The molecule has 1 aliphatic carbocycles. The molecular weight excluding hydrogens is 651 g/mol. The van der Waals surface area contributed by atoms with Crippen molar-refractivity contribution < 1.29 is 8.83 Å². The van der Waals surface area contributed by atoms with Crippen molar-refractivity contribution in [3.63, 3.8) is 0 Å². The third kappa shape index (κ3) is 4.54. The molecule has 1 aliphatic rings. The number of para-hydroxylation sites is 1. The molecule has 7 aromatic carbocycles.